The molecule has 0 aromatic rings. The molecule has 0 bridgehead atoms. The van der Waals surface area contributed by atoms with Gasteiger partial charge in [0.2, 0.25) is 0 Å². The van der Waals surface area contributed by atoms with E-state index in [2.05, 4.69) is 10.0 Å². The first-order valence-corrected chi connectivity index (χ1v) is 3.93. The number of aliphatic hydroxyl groups excluding tert-OH is 1. The number of rotatable bonds is 5. The van der Waals surface area contributed by atoms with Crippen molar-refractivity contribution in [2.45, 2.75) is 20.0 Å². The Kier molecular flexibility index (Phi) is 5.67. The molecule has 0 aliphatic carbocycles. The fraction of sp³-hybridized carbons (Fsp3) is 0.857. The number of carbonyl (C=O) groups excluding carboxylic acids is 1. The normalized spacial score (nSPS) is 12.0. The van der Waals surface area contributed by atoms with E-state index in [4.69, 9.17) is 15.4 Å². The maximum absolute atomic E-state index is 10.9. The Bertz CT molecular complexity index is 211. The summed E-state index contributed by atoms with van der Waals surface area (Å²) in [6.45, 7) is 3.18. The summed E-state index contributed by atoms with van der Waals surface area (Å²) in [7, 11) is 0. The van der Waals surface area contributed by atoms with Crippen molar-refractivity contribution < 1.29 is 14.6 Å². The molecule has 0 aliphatic heterocycles. The molecule has 0 aromatic carbocycles. The molecule has 0 aliphatic rings. The molecule has 0 rings (SSSR count). The second kappa shape index (κ2) is 6.28. The van der Waals surface area contributed by atoms with Crippen LogP contribution in [-0.2, 0) is 9.53 Å². The van der Waals surface area contributed by atoms with Gasteiger partial charge in [0.25, 0.3) is 0 Å². The van der Waals surface area contributed by atoms with Crippen molar-refractivity contribution in [2.24, 2.45) is 11.0 Å². The van der Waals surface area contributed by atoms with Gasteiger partial charge in [-0.1, -0.05) is 19.0 Å². The molecule has 1 N–H and O–H groups in total. The zero-order valence-corrected chi connectivity index (χ0v) is 7.67. The van der Waals surface area contributed by atoms with Gasteiger partial charge < -0.3 is 9.84 Å². The van der Waals surface area contributed by atoms with Crippen LogP contribution in [0.15, 0.2) is 5.11 Å². The number of hydrogen-bond donors (Lipinski definition) is 1. The minimum Gasteiger partial charge on any atom is -0.463 e. The highest BCUT2D eigenvalue weighted by Gasteiger charge is 2.10. The molecule has 0 radical (unpaired) electrons. The maximum atomic E-state index is 10.9. The predicted molar refractivity (Wildman–Crippen MR) is 45.8 cm³/mol. The average Bonchev–Trinajstić information content (AvgIpc) is 2.10. The number of hydrogen-bond acceptors (Lipinski definition) is 4. The monoisotopic (exact) mass is 187 g/mol. The van der Waals surface area contributed by atoms with Crippen molar-refractivity contribution in [1.82, 2.24) is 0 Å². The second-order valence-corrected chi connectivity index (χ2v) is 2.85. The van der Waals surface area contributed by atoms with Crippen molar-refractivity contribution >= 4 is 5.97 Å². The molecule has 0 aromatic heterocycles. The van der Waals surface area contributed by atoms with E-state index in [0.29, 0.717) is 0 Å². The lowest BCUT2D eigenvalue weighted by Crippen LogP contribution is -2.23. The summed E-state index contributed by atoms with van der Waals surface area (Å²) in [5.41, 5.74) is 7.92. The van der Waals surface area contributed by atoms with Crippen LogP contribution in [0.2, 0.25) is 0 Å². The average molecular weight is 187 g/mol. The number of azide groups is 1. The summed E-state index contributed by atoms with van der Waals surface area (Å²) in [4.78, 5) is 13.3. The van der Waals surface area contributed by atoms with E-state index in [0.717, 1.165) is 0 Å². The fourth-order valence-corrected chi connectivity index (χ4v) is 0.528. The SMILES string of the molecule is CC(C)C(=O)OC[C@H](O)CN=[N+]=[N-]. The van der Waals surface area contributed by atoms with E-state index in [1.807, 2.05) is 0 Å². The topological polar surface area (TPSA) is 95.3 Å². The Hall–Kier alpha value is -1.26. The molecule has 6 heteroatoms. The Morgan fingerprint density at radius 2 is 2.31 bits per heavy atom. The third-order valence-corrected chi connectivity index (χ3v) is 1.25. The van der Waals surface area contributed by atoms with Gasteiger partial charge in [-0.05, 0) is 5.53 Å². The van der Waals surface area contributed by atoms with Crippen molar-refractivity contribution in [1.29, 1.82) is 0 Å². The van der Waals surface area contributed by atoms with Crippen LogP contribution in [-0.4, -0.2) is 30.3 Å². The highest BCUT2D eigenvalue weighted by atomic mass is 16.5. The molecule has 0 amide bonds. The summed E-state index contributed by atoms with van der Waals surface area (Å²) in [5.74, 6) is -0.591. The first-order chi connectivity index (χ1) is 6.07. The maximum Gasteiger partial charge on any atom is 0.308 e. The number of aliphatic hydroxyl groups is 1. The van der Waals surface area contributed by atoms with Crippen molar-refractivity contribution in [3.05, 3.63) is 10.4 Å². The van der Waals surface area contributed by atoms with Crippen LogP contribution in [0.4, 0.5) is 0 Å². The standard InChI is InChI=1S/C7H13N3O3/c1-5(2)7(12)13-4-6(11)3-9-10-8/h5-6,11H,3-4H2,1-2H3/t6-/m1/s1. The molecule has 74 valence electrons. The minimum absolute atomic E-state index is 0.0815. The van der Waals surface area contributed by atoms with Gasteiger partial charge >= 0.3 is 5.97 Å². The number of nitrogens with zero attached hydrogens (tertiary/aromatic N) is 3. The molecule has 0 unspecified atom stereocenters. The van der Waals surface area contributed by atoms with Gasteiger partial charge in [-0.2, -0.15) is 0 Å². The summed E-state index contributed by atoms with van der Waals surface area (Å²) in [6.07, 6.45) is -0.918. The lowest BCUT2D eigenvalue weighted by molar-refractivity contribution is -0.150. The molecule has 0 fully saturated rings. The van der Waals surface area contributed by atoms with Gasteiger partial charge in [0.1, 0.15) is 6.61 Å². The van der Waals surface area contributed by atoms with Crippen LogP contribution < -0.4 is 0 Å². The van der Waals surface area contributed by atoms with Gasteiger partial charge in [0, 0.05) is 4.91 Å². The van der Waals surface area contributed by atoms with Crippen molar-refractivity contribution in [3.8, 4) is 0 Å². The van der Waals surface area contributed by atoms with E-state index in [-0.39, 0.29) is 25.0 Å². The molecule has 0 saturated heterocycles. The van der Waals surface area contributed by atoms with Gasteiger partial charge in [0.15, 0.2) is 0 Å². The fourth-order valence-electron chi connectivity index (χ4n) is 0.528. The summed E-state index contributed by atoms with van der Waals surface area (Å²) >= 11 is 0. The van der Waals surface area contributed by atoms with E-state index < -0.39 is 6.10 Å². The van der Waals surface area contributed by atoms with Crippen molar-refractivity contribution in [3.63, 3.8) is 0 Å². The predicted octanol–water partition coefficient (Wildman–Crippen LogP) is 0.857. The van der Waals surface area contributed by atoms with Crippen LogP contribution in [0.25, 0.3) is 10.4 Å². The lowest BCUT2D eigenvalue weighted by atomic mass is 10.2. The van der Waals surface area contributed by atoms with Crippen LogP contribution in [0.3, 0.4) is 0 Å². The number of ether oxygens (including phenoxy) is 1. The van der Waals surface area contributed by atoms with E-state index in [1.165, 1.54) is 0 Å². The molecule has 6 nitrogen and oxygen atoms in total. The zero-order chi connectivity index (χ0) is 10.3. The molecular weight excluding hydrogens is 174 g/mol. The second-order valence-electron chi connectivity index (χ2n) is 2.85. The molecular formula is C7H13N3O3. The Morgan fingerprint density at radius 3 is 2.77 bits per heavy atom. The number of carbonyl (C=O) groups is 1. The van der Waals surface area contributed by atoms with Crippen LogP contribution in [0, 0.1) is 5.92 Å². The van der Waals surface area contributed by atoms with E-state index in [9.17, 15) is 4.79 Å². The van der Waals surface area contributed by atoms with Crippen LogP contribution in [0.1, 0.15) is 13.8 Å². The van der Waals surface area contributed by atoms with Gasteiger partial charge in [0.05, 0.1) is 18.6 Å². The van der Waals surface area contributed by atoms with Crippen LogP contribution >= 0.6 is 0 Å². The van der Waals surface area contributed by atoms with Gasteiger partial charge in [-0.3, -0.25) is 4.79 Å². The summed E-state index contributed by atoms with van der Waals surface area (Å²) in [5, 5.41) is 12.2. The third-order valence-electron chi connectivity index (χ3n) is 1.25. The Labute approximate surface area is 76.1 Å². The summed E-state index contributed by atoms with van der Waals surface area (Å²) < 4.78 is 4.69. The van der Waals surface area contributed by atoms with Crippen molar-refractivity contribution in [2.75, 3.05) is 13.2 Å². The van der Waals surface area contributed by atoms with Gasteiger partial charge in [-0.25, -0.2) is 0 Å². The lowest BCUT2D eigenvalue weighted by Gasteiger charge is -2.09. The molecule has 0 spiro atoms. The third kappa shape index (κ3) is 5.95. The highest BCUT2D eigenvalue weighted by molar-refractivity contribution is 5.71. The van der Waals surface area contributed by atoms with E-state index in [1.54, 1.807) is 13.8 Å². The quantitative estimate of drug-likeness (QED) is 0.299. The molecule has 1 atom stereocenters. The largest absolute Gasteiger partial charge is 0.463 e. The van der Waals surface area contributed by atoms with E-state index >= 15 is 0 Å². The Balaban J connectivity index is 3.63. The zero-order valence-electron chi connectivity index (χ0n) is 7.67. The first-order valence-electron chi connectivity index (χ1n) is 3.93. The Morgan fingerprint density at radius 1 is 1.69 bits per heavy atom. The smallest absolute Gasteiger partial charge is 0.308 e. The number of esters is 1. The molecule has 13 heavy (non-hydrogen) atoms. The minimum atomic E-state index is -0.918. The molecule has 0 saturated carbocycles. The molecule has 0 heterocycles. The highest BCUT2D eigenvalue weighted by Crippen LogP contribution is 1.97. The van der Waals surface area contributed by atoms with Gasteiger partial charge in [-0.15, -0.1) is 0 Å². The first kappa shape index (κ1) is 11.7. The summed E-state index contributed by atoms with van der Waals surface area (Å²) in [6, 6.07) is 0. The van der Waals surface area contributed by atoms with Crippen LogP contribution in [0.5, 0.6) is 0 Å².